The number of anilines is 1. The molecule has 6 nitrogen and oxygen atoms in total. The van der Waals surface area contributed by atoms with E-state index in [-0.39, 0.29) is 34.1 Å². The first-order valence-corrected chi connectivity index (χ1v) is 14.4. The van der Waals surface area contributed by atoms with Crippen molar-refractivity contribution in [1.29, 1.82) is 0 Å². The standard InChI is InChI=1S/C37H34N2O4/c1-36(2,3)25-18-22(19-26(33(25)41)37(4,5)6)35(43)39-28-13-9-11-21-15-17-27(38-31(21)28)30-32(40)24-16-14-20-10-7-8-12-23(20)29(24)34(30)42/h7-19,30,41H,1-6H3,(H,39,43). The molecule has 43 heavy (non-hydrogen) atoms. The fourth-order valence-electron chi connectivity index (χ4n) is 5.96. The number of hydrogen-bond acceptors (Lipinski definition) is 5. The Kier molecular flexibility index (Phi) is 6.49. The molecule has 6 rings (SSSR count). The number of carbonyl (C=O) groups is 3. The molecule has 0 bridgehead atoms. The molecule has 0 aliphatic heterocycles. The number of pyridine rings is 1. The smallest absolute Gasteiger partial charge is 0.255 e. The lowest BCUT2D eigenvalue weighted by Gasteiger charge is -2.28. The fraction of sp³-hybridized carbons (Fsp3) is 0.243. The zero-order valence-electron chi connectivity index (χ0n) is 25.2. The Bertz CT molecular complexity index is 1960. The van der Waals surface area contributed by atoms with Crippen LogP contribution in [0.1, 0.15) is 95.4 Å². The summed E-state index contributed by atoms with van der Waals surface area (Å²) in [4.78, 5) is 45.8. The van der Waals surface area contributed by atoms with E-state index >= 15 is 0 Å². The first-order chi connectivity index (χ1) is 20.3. The number of benzene rings is 4. The molecule has 0 fully saturated rings. The van der Waals surface area contributed by atoms with E-state index in [9.17, 15) is 19.5 Å². The predicted molar refractivity (Wildman–Crippen MR) is 171 cm³/mol. The molecule has 1 aliphatic rings. The highest BCUT2D eigenvalue weighted by atomic mass is 16.3. The molecule has 216 valence electrons. The summed E-state index contributed by atoms with van der Waals surface area (Å²) in [6.45, 7) is 12.0. The first kappa shape index (κ1) is 28.3. The molecule has 1 atom stereocenters. The monoisotopic (exact) mass is 570 g/mol. The second-order valence-corrected chi connectivity index (χ2v) is 13.4. The quantitative estimate of drug-likeness (QED) is 0.214. The topological polar surface area (TPSA) is 96.4 Å². The predicted octanol–water partition coefficient (Wildman–Crippen LogP) is 8.10. The van der Waals surface area contributed by atoms with Crippen molar-refractivity contribution in [2.75, 3.05) is 5.32 Å². The van der Waals surface area contributed by atoms with Gasteiger partial charge in [-0.05, 0) is 51.9 Å². The van der Waals surface area contributed by atoms with Crippen LogP contribution in [0.2, 0.25) is 0 Å². The molecule has 5 aromatic rings. The molecule has 1 unspecified atom stereocenters. The molecule has 0 saturated carbocycles. The van der Waals surface area contributed by atoms with Crippen molar-refractivity contribution in [3.8, 4) is 5.75 Å². The third-order valence-electron chi connectivity index (χ3n) is 8.24. The van der Waals surface area contributed by atoms with Crippen LogP contribution in [0.5, 0.6) is 5.75 Å². The third-order valence-corrected chi connectivity index (χ3v) is 8.24. The molecule has 1 amide bonds. The summed E-state index contributed by atoms with van der Waals surface area (Å²) in [5.74, 6) is -1.73. The zero-order chi connectivity index (χ0) is 30.8. The lowest BCUT2D eigenvalue weighted by molar-refractivity contribution is 0.0887. The summed E-state index contributed by atoms with van der Waals surface area (Å²) in [6, 6.07) is 23.6. The van der Waals surface area contributed by atoms with E-state index in [1.54, 1.807) is 30.3 Å². The second kappa shape index (κ2) is 9.87. The van der Waals surface area contributed by atoms with Crippen LogP contribution in [0.3, 0.4) is 0 Å². The van der Waals surface area contributed by atoms with Gasteiger partial charge in [0.1, 0.15) is 11.7 Å². The van der Waals surface area contributed by atoms with Crippen molar-refractivity contribution in [3.05, 3.63) is 112 Å². The Morgan fingerprint density at radius 3 is 2.07 bits per heavy atom. The highest BCUT2D eigenvalue weighted by Gasteiger charge is 2.41. The molecule has 1 heterocycles. The minimum absolute atomic E-state index is 0.202. The summed E-state index contributed by atoms with van der Waals surface area (Å²) in [6.07, 6.45) is 0. The molecule has 1 aromatic heterocycles. The molecule has 1 aliphatic carbocycles. The fourth-order valence-corrected chi connectivity index (χ4v) is 5.96. The van der Waals surface area contributed by atoms with Crippen molar-refractivity contribution in [1.82, 2.24) is 4.98 Å². The Morgan fingerprint density at radius 2 is 1.40 bits per heavy atom. The van der Waals surface area contributed by atoms with Crippen LogP contribution in [-0.2, 0) is 10.8 Å². The van der Waals surface area contributed by atoms with Gasteiger partial charge in [0.2, 0.25) is 0 Å². The minimum Gasteiger partial charge on any atom is -0.507 e. The minimum atomic E-state index is -1.05. The average Bonchev–Trinajstić information content (AvgIpc) is 3.21. The van der Waals surface area contributed by atoms with Crippen LogP contribution < -0.4 is 5.32 Å². The number of hydrogen-bond donors (Lipinski definition) is 2. The number of carbonyl (C=O) groups excluding carboxylic acids is 3. The maximum atomic E-state index is 13.7. The number of nitrogens with one attached hydrogen (secondary N) is 1. The SMILES string of the molecule is CC(C)(C)c1cc(C(=O)Nc2cccc3ccc(C4C(=O)c5ccc6ccccc6c5C4=O)nc23)cc(C(C)(C)C)c1O. The number of aromatic hydroxyl groups is 1. The third kappa shape index (κ3) is 4.77. The summed E-state index contributed by atoms with van der Waals surface area (Å²) >= 11 is 0. The summed E-state index contributed by atoms with van der Waals surface area (Å²) in [7, 11) is 0. The van der Waals surface area contributed by atoms with Gasteiger partial charge >= 0.3 is 0 Å². The molecule has 4 aromatic carbocycles. The van der Waals surface area contributed by atoms with Crippen LogP contribution in [0.25, 0.3) is 21.7 Å². The number of nitrogens with zero attached hydrogens (tertiary/aromatic N) is 1. The van der Waals surface area contributed by atoms with Crippen LogP contribution >= 0.6 is 0 Å². The normalized spacial score (nSPS) is 15.3. The number of ketones is 2. The van der Waals surface area contributed by atoms with E-state index in [4.69, 9.17) is 4.98 Å². The molecule has 2 N–H and O–H groups in total. The average molecular weight is 571 g/mol. The second-order valence-electron chi connectivity index (χ2n) is 13.4. The molecule has 0 saturated heterocycles. The van der Waals surface area contributed by atoms with Gasteiger partial charge in [0.15, 0.2) is 11.6 Å². The largest absolute Gasteiger partial charge is 0.507 e. The van der Waals surface area contributed by atoms with Crippen LogP contribution in [-0.4, -0.2) is 27.6 Å². The summed E-state index contributed by atoms with van der Waals surface area (Å²) < 4.78 is 0. The molecule has 6 heteroatoms. The van der Waals surface area contributed by atoms with E-state index in [0.29, 0.717) is 44.7 Å². The number of fused-ring (bicyclic) bond motifs is 4. The maximum Gasteiger partial charge on any atom is 0.255 e. The highest BCUT2D eigenvalue weighted by molar-refractivity contribution is 6.33. The van der Waals surface area contributed by atoms with Crippen LogP contribution in [0.4, 0.5) is 5.69 Å². The molecule has 0 spiro atoms. The van der Waals surface area contributed by atoms with Gasteiger partial charge in [-0.2, -0.15) is 0 Å². The van der Waals surface area contributed by atoms with Gasteiger partial charge in [0.25, 0.3) is 5.91 Å². The van der Waals surface area contributed by atoms with Crippen molar-refractivity contribution in [2.24, 2.45) is 0 Å². The number of aromatic nitrogens is 1. The van der Waals surface area contributed by atoms with E-state index in [2.05, 4.69) is 5.32 Å². The Morgan fingerprint density at radius 1 is 0.767 bits per heavy atom. The Labute approximate surface area is 250 Å². The summed E-state index contributed by atoms with van der Waals surface area (Å²) in [5, 5.41) is 16.5. The van der Waals surface area contributed by atoms with Gasteiger partial charge in [-0.25, -0.2) is 4.98 Å². The van der Waals surface area contributed by atoms with Crippen molar-refractivity contribution < 1.29 is 19.5 Å². The number of rotatable bonds is 3. The van der Waals surface area contributed by atoms with E-state index < -0.39 is 5.92 Å². The number of amides is 1. The van der Waals surface area contributed by atoms with Gasteiger partial charge < -0.3 is 10.4 Å². The Balaban J connectivity index is 1.40. The van der Waals surface area contributed by atoms with Crippen LogP contribution in [0.15, 0.2) is 78.9 Å². The maximum absolute atomic E-state index is 13.7. The molecular formula is C37H34N2O4. The molecule has 0 radical (unpaired) electrons. The van der Waals surface area contributed by atoms with Crippen molar-refractivity contribution in [3.63, 3.8) is 0 Å². The van der Waals surface area contributed by atoms with Crippen LogP contribution in [0, 0.1) is 0 Å². The van der Waals surface area contributed by atoms with E-state index in [1.165, 1.54) is 0 Å². The number of Topliss-reactive ketones (excluding diaryl/α,β-unsaturated/α-hetero) is 2. The number of para-hydroxylation sites is 1. The van der Waals surface area contributed by atoms with Gasteiger partial charge in [0.05, 0.1) is 16.9 Å². The van der Waals surface area contributed by atoms with E-state index in [0.717, 1.165) is 16.2 Å². The zero-order valence-corrected chi connectivity index (χ0v) is 25.2. The first-order valence-electron chi connectivity index (χ1n) is 14.4. The highest BCUT2D eigenvalue weighted by Crippen LogP contribution is 2.41. The molecular weight excluding hydrogens is 536 g/mol. The lowest BCUT2D eigenvalue weighted by atomic mass is 9.78. The Hall–Kier alpha value is -4.84. The van der Waals surface area contributed by atoms with Gasteiger partial charge in [0, 0.05) is 33.2 Å². The van der Waals surface area contributed by atoms with Gasteiger partial charge in [-0.1, -0.05) is 90.1 Å². The van der Waals surface area contributed by atoms with Gasteiger partial charge in [-0.15, -0.1) is 0 Å². The number of phenols is 1. The van der Waals surface area contributed by atoms with Crippen molar-refractivity contribution >= 4 is 44.8 Å². The van der Waals surface area contributed by atoms with Gasteiger partial charge in [-0.3, -0.25) is 14.4 Å². The summed E-state index contributed by atoms with van der Waals surface area (Å²) in [5.41, 5.74) is 3.17. The number of phenolic OH excluding ortho intramolecular Hbond substituents is 1. The van der Waals surface area contributed by atoms with Crippen molar-refractivity contribution in [2.45, 2.75) is 58.3 Å². The lowest BCUT2D eigenvalue weighted by Crippen LogP contribution is -2.21. The van der Waals surface area contributed by atoms with E-state index in [1.807, 2.05) is 90.1 Å².